The van der Waals surface area contributed by atoms with Gasteiger partial charge in [-0.15, -0.1) is 0 Å². The van der Waals surface area contributed by atoms with E-state index in [-0.39, 0.29) is 23.4 Å². The Morgan fingerprint density at radius 1 is 1.35 bits per heavy atom. The van der Waals surface area contributed by atoms with E-state index in [1.165, 1.54) is 17.2 Å². The Kier molecular flexibility index (Phi) is 3.66. The van der Waals surface area contributed by atoms with Crippen LogP contribution in [0.4, 0.5) is 5.82 Å². The summed E-state index contributed by atoms with van der Waals surface area (Å²) >= 11 is 0. The van der Waals surface area contributed by atoms with Crippen molar-refractivity contribution in [3.05, 3.63) is 12.7 Å². The van der Waals surface area contributed by atoms with Gasteiger partial charge >= 0.3 is 0 Å². The van der Waals surface area contributed by atoms with E-state index in [2.05, 4.69) is 20.3 Å². The van der Waals surface area contributed by atoms with Gasteiger partial charge in [0.05, 0.1) is 18.9 Å². The minimum Gasteiger partial charge on any atom is -0.394 e. The number of nitrogens with two attached hydrogens (primary N) is 1. The third-order valence-electron chi connectivity index (χ3n) is 4.85. The Balaban J connectivity index is 1.96. The lowest BCUT2D eigenvalue weighted by Crippen LogP contribution is -2.53. The third kappa shape index (κ3) is 2.07. The maximum atomic E-state index is 12.4. The average molecular weight is 364 g/mol. The highest BCUT2D eigenvalue weighted by Crippen LogP contribution is 2.45. The number of fused-ring (bicyclic) bond motifs is 1. The second-order valence-corrected chi connectivity index (χ2v) is 6.24. The van der Waals surface area contributed by atoms with Crippen LogP contribution in [0, 0.1) is 5.92 Å². The summed E-state index contributed by atoms with van der Waals surface area (Å²) in [5.41, 5.74) is 4.22. The van der Waals surface area contributed by atoms with Crippen LogP contribution >= 0.6 is 0 Å². The maximum Gasteiger partial charge on any atom is 0.235 e. The summed E-state index contributed by atoms with van der Waals surface area (Å²) in [5.74, 6) is -2.33. The number of imidazole rings is 1. The fraction of sp³-hybridized carbons (Fsp3) is 0.500. The molecule has 4 heterocycles. The van der Waals surface area contributed by atoms with Gasteiger partial charge in [0.25, 0.3) is 0 Å². The highest BCUT2D eigenvalue weighted by molar-refractivity contribution is 6.04. The number of nitrogen functional groups attached to an aromatic ring is 1. The van der Waals surface area contributed by atoms with Gasteiger partial charge in [0.15, 0.2) is 17.2 Å². The average Bonchev–Trinajstić information content (AvgIpc) is 3.26. The first kappa shape index (κ1) is 16.8. The monoisotopic (exact) mass is 364 g/mol. The lowest BCUT2D eigenvalue weighted by molar-refractivity contribution is -0.184. The lowest BCUT2D eigenvalue weighted by atomic mass is 9.87. The molecular weight excluding hydrogens is 348 g/mol. The molecule has 12 heteroatoms. The molecule has 26 heavy (non-hydrogen) atoms. The first-order chi connectivity index (χ1) is 12.4. The number of hydrogen-bond acceptors (Lipinski definition) is 10. The van der Waals surface area contributed by atoms with Gasteiger partial charge in [0.1, 0.15) is 30.2 Å². The predicted octanol–water partition coefficient (Wildman–Crippen LogP) is -3.16. The molecule has 0 spiro atoms. The normalized spacial score (nSPS) is 34.6. The molecule has 5 atom stereocenters. The molecule has 2 fully saturated rings. The number of imide groups is 1. The molecule has 0 unspecified atom stereocenters. The Bertz CT molecular complexity index is 901. The van der Waals surface area contributed by atoms with Crippen molar-refractivity contribution in [1.82, 2.24) is 24.8 Å². The fourth-order valence-corrected chi connectivity index (χ4v) is 3.63. The SMILES string of the molecule is Nc1ncnc2c1ncn2[C@]1([C@@H]2CC(=O)NC2=O)O[C@H](CO)[C@@H](O)[C@H]1O. The van der Waals surface area contributed by atoms with Gasteiger partial charge in [-0.25, -0.2) is 15.0 Å². The topological polar surface area (TPSA) is 186 Å². The van der Waals surface area contributed by atoms with E-state index in [1.807, 2.05) is 0 Å². The molecular formula is C14H16N6O6. The van der Waals surface area contributed by atoms with Gasteiger partial charge in [0.2, 0.25) is 11.8 Å². The number of nitrogens with zero attached hydrogens (tertiary/aromatic N) is 4. The standard InChI is InChI=1S/C14H16N6O6/c15-11-8-12(17-3-16-11)20(4-18-8)14(5-1-7(22)19-13(5)25)10(24)9(23)6(2-21)26-14/h3-6,9-10,21,23-24H,1-2H2,(H2,15,16,17)(H,19,22,25)/t5-,6-,9-,10-,14-/m1/s1. The van der Waals surface area contributed by atoms with Crippen molar-refractivity contribution in [3.63, 3.8) is 0 Å². The number of aliphatic hydroxyl groups is 3. The number of carbonyl (C=O) groups excluding carboxylic acids is 2. The van der Waals surface area contributed by atoms with E-state index in [9.17, 15) is 24.9 Å². The summed E-state index contributed by atoms with van der Waals surface area (Å²) in [4.78, 5) is 36.1. The summed E-state index contributed by atoms with van der Waals surface area (Å²) in [7, 11) is 0. The van der Waals surface area contributed by atoms with Gasteiger partial charge in [-0.3, -0.25) is 19.5 Å². The number of hydrogen-bond donors (Lipinski definition) is 5. The van der Waals surface area contributed by atoms with Gasteiger partial charge in [-0.1, -0.05) is 0 Å². The molecule has 2 amide bonds. The van der Waals surface area contributed by atoms with E-state index in [1.54, 1.807) is 0 Å². The van der Waals surface area contributed by atoms with Crippen LogP contribution in [0.3, 0.4) is 0 Å². The van der Waals surface area contributed by atoms with Crippen LogP contribution in [0.25, 0.3) is 11.2 Å². The van der Waals surface area contributed by atoms with E-state index in [4.69, 9.17) is 10.5 Å². The van der Waals surface area contributed by atoms with Crippen LogP contribution in [0.1, 0.15) is 6.42 Å². The van der Waals surface area contributed by atoms with Crippen LogP contribution in [0.5, 0.6) is 0 Å². The van der Waals surface area contributed by atoms with E-state index in [0.717, 1.165) is 0 Å². The molecule has 0 aromatic carbocycles. The molecule has 0 saturated carbocycles. The Hall–Kier alpha value is -2.67. The number of amides is 2. The Morgan fingerprint density at radius 3 is 2.73 bits per heavy atom. The smallest absolute Gasteiger partial charge is 0.235 e. The maximum absolute atomic E-state index is 12.4. The fourth-order valence-electron chi connectivity index (χ4n) is 3.63. The lowest BCUT2D eigenvalue weighted by Gasteiger charge is -2.37. The Labute approximate surface area is 145 Å². The molecule has 6 N–H and O–H groups in total. The largest absolute Gasteiger partial charge is 0.394 e. The van der Waals surface area contributed by atoms with Gasteiger partial charge < -0.3 is 25.8 Å². The minimum atomic E-state index is -1.90. The summed E-state index contributed by atoms with van der Waals surface area (Å²) in [6.45, 7) is -0.605. The number of ether oxygens (including phenoxy) is 1. The summed E-state index contributed by atoms with van der Waals surface area (Å²) < 4.78 is 7.03. The number of nitrogens with one attached hydrogen (secondary N) is 1. The highest BCUT2D eigenvalue weighted by atomic mass is 16.6. The predicted molar refractivity (Wildman–Crippen MR) is 82.9 cm³/mol. The van der Waals surface area contributed by atoms with Crippen molar-refractivity contribution in [1.29, 1.82) is 0 Å². The molecule has 4 rings (SSSR count). The number of anilines is 1. The van der Waals surface area contributed by atoms with Crippen LogP contribution < -0.4 is 11.1 Å². The zero-order valence-electron chi connectivity index (χ0n) is 13.3. The third-order valence-corrected chi connectivity index (χ3v) is 4.85. The second kappa shape index (κ2) is 5.67. The molecule has 0 bridgehead atoms. The molecule has 2 aromatic rings. The van der Waals surface area contributed by atoms with Crippen molar-refractivity contribution < 1.29 is 29.6 Å². The summed E-state index contributed by atoms with van der Waals surface area (Å²) in [6, 6.07) is 0. The minimum absolute atomic E-state index is 0.0718. The summed E-state index contributed by atoms with van der Waals surface area (Å²) in [5, 5.41) is 32.7. The molecule has 0 aliphatic carbocycles. The quantitative estimate of drug-likeness (QED) is 0.348. The number of aliphatic hydroxyl groups excluding tert-OH is 3. The number of carbonyl (C=O) groups is 2. The first-order valence-electron chi connectivity index (χ1n) is 7.82. The number of rotatable bonds is 3. The number of aromatic nitrogens is 4. The van der Waals surface area contributed by atoms with Crippen molar-refractivity contribution >= 4 is 28.8 Å². The highest BCUT2D eigenvalue weighted by Gasteiger charge is 2.63. The van der Waals surface area contributed by atoms with Gasteiger partial charge in [-0.05, 0) is 0 Å². The molecule has 2 aliphatic heterocycles. The van der Waals surface area contributed by atoms with Gasteiger partial charge in [-0.2, -0.15) is 0 Å². The molecule has 2 aromatic heterocycles. The van der Waals surface area contributed by atoms with Crippen molar-refractivity contribution in [2.75, 3.05) is 12.3 Å². The van der Waals surface area contributed by atoms with Crippen molar-refractivity contribution in [3.8, 4) is 0 Å². The van der Waals surface area contributed by atoms with Crippen LogP contribution in [-0.4, -0.2) is 71.6 Å². The van der Waals surface area contributed by atoms with Crippen molar-refractivity contribution in [2.24, 2.45) is 5.92 Å². The van der Waals surface area contributed by atoms with Crippen LogP contribution in [0.15, 0.2) is 12.7 Å². The zero-order chi connectivity index (χ0) is 18.6. The van der Waals surface area contributed by atoms with Crippen LogP contribution in [0.2, 0.25) is 0 Å². The summed E-state index contributed by atoms with van der Waals surface area (Å²) in [6.07, 6.45) is -2.19. The van der Waals surface area contributed by atoms with Crippen LogP contribution in [-0.2, 0) is 20.1 Å². The van der Waals surface area contributed by atoms with E-state index < -0.39 is 48.4 Å². The molecule has 12 nitrogen and oxygen atoms in total. The molecule has 2 aliphatic rings. The zero-order valence-corrected chi connectivity index (χ0v) is 13.3. The van der Waals surface area contributed by atoms with E-state index >= 15 is 0 Å². The molecule has 0 radical (unpaired) electrons. The Morgan fingerprint density at radius 2 is 2.12 bits per heavy atom. The first-order valence-corrected chi connectivity index (χ1v) is 7.82. The van der Waals surface area contributed by atoms with Gasteiger partial charge in [0, 0.05) is 6.42 Å². The van der Waals surface area contributed by atoms with E-state index in [0.29, 0.717) is 0 Å². The molecule has 2 saturated heterocycles. The second-order valence-electron chi connectivity index (χ2n) is 6.24. The van der Waals surface area contributed by atoms with Crippen molar-refractivity contribution in [2.45, 2.75) is 30.5 Å². The molecule has 138 valence electrons.